The normalized spacial score (nSPS) is 23.1. The zero-order valence-electron chi connectivity index (χ0n) is 17.7. The highest BCUT2D eigenvalue weighted by atomic mass is 16.6. The second-order valence-corrected chi connectivity index (χ2v) is 8.69. The smallest absolute Gasteiger partial charge is 0.413 e. The topological polar surface area (TPSA) is 91.4 Å². The maximum absolute atomic E-state index is 12.8. The average Bonchev–Trinajstić information content (AvgIpc) is 2.82. The van der Waals surface area contributed by atoms with Gasteiger partial charge in [0.05, 0.1) is 6.61 Å². The van der Waals surface area contributed by atoms with Crippen LogP contribution < -0.4 is 0 Å². The van der Waals surface area contributed by atoms with Gasteiger partial charge >= 0.3 is 18.0 Å². The van der Waals surface area contributed by atoms with E-state index < -0.39 is 35.5 Å². The van der Waals surface area contributed by atoms with Crippen molar-refractivity contribution in [3.8, 4) is 0 Å². The van der Waals surface area contributed by atoms with Crippen molar-refractivity contribution in [2.24, 2.45) is 5.92 Å². The van der Waals surface area contributed by atoms with Crippen LogP contribution in [0.2, 0.25) is 0 Å². The van der Waals surface area contributed by atoms with Crippen molar-refractivity contribution in [3.63, 3.8) is 0 Å². The van der Waals surface area contributed by atoms with E-state index in [0.29, 0.717) is 12.8 Å². The first kappa shape index (κ1) is 23.2. The fourth-order valence-electron chi connectivity index (χ4n) is 2.97. The largest absolute Gasteiger partial charge is 0.466 e. The van der Waals surface area contributed by atoms with E-state index in [2.05, 4.69) is 0 Å². The molecule has 156 valence electrons. The molecule has 0 aliphatic carbocycles. The first-order valence-electron chi connectivity index (χ1n) is 9.15. The van der Waals surface area contributed by atoms with E-state index >= 15 is 0 Å². The molecule has 0 aromatic carbocycles. The Morgan fingerprint density at radius 2 is 1.56 bits per heavy atom. The minimum atomic E-state index is -0.827. The third-order valence-corrected chi connectivity index (χ3v) is 3.86. The summed E-state index contributed by atoms with van der Waals surface area (Å²) in [4.78, 5) is 37.8. The summed E-state index contributed by atoms with van der Waals surface area (Å²) in [5.74, 6) is -1.08. The fraction of sp³-hybridized carbons (Fsp3) is 0.842. The molecule has 0 aromatic heterocycles. The van der Waals surface area contributed by atoms with Crippen molar-refractivity contribution in [2.75, 3.05) is 13.7 Å². The van der Waals surface area contributed by atoms with Gasteiger partial charge in [0, 0.05) is 20.0 Å². The molecule has 1 rings (SSSR count). The molecule has 1 aliphatic rings. The number of nitrogens with zero attached hydrogens (tertiary/aromatic N) is 1. The molecule has 8 heteroatoms. The predicted octanol–water partition coefficient (Wildman–Crippen LogP) is 2.88. The minimum absolute atomic E-state index is 0.184. The third kappa shape index (κ3) is 7.36. The Labute approximate surface area is 161 Å². The lowest BCUT2D eigenvalue weighted by Gasteiger charge is -2.32. The molecule has 0 radical (unpaired) electrons. The van der Waals surface area contributed by atoms with Crippen molar-refractivity contribution in [2.45, 2.75) is 84.8 Å². The van der Waals surface area contributed by atoms with E-state index in [9.17, 15) is 14.4 Å². The van der Waals surface area contributed by atoms with Gasteiger partial charge in [-0.25, -0.2) is 9.59 Å². The summed E-state index contributed by atoms with van der Waals surface area (Å²) in [6.07, 6.45) is -0.516. The van der Waals surface area contributed by atoms with Crippen molar-refractivity contribution >= 4 is 18.0 Å². The molecule has 1 heterocycles. The number of rotatable bonds is 5. The lowest BCUT2D eigenvalue weighted by Crippen LogP contribution is -2.49. The monoisotopic (exact) mass is 387 g/mol. The highest BCUT2D eigenvalue weighted by molar-refractivity contribution is 5.82. The quantitative estimate of drug-likeness (QED) is 0.529. The number of esters is 2. The van der Waals surface area contributed by atoms with Crippen molar-refractivity contribution < 1.29 is 33.3 Å². The van der Waals surface area contributed by atoms with Gasteiger partial charge in [0.1, 0.15) is 23.5 Å². The molecule has 0 spiro atoms. The maximum atomic E-state index is 12.8. The molecule has 1 aliphatic heterocycles. The van der Waals surface area contributed by atoms with Crippen LogP contribution in [0, 0.1) is 5.92 Å². The van der Waals surface area contributed by atoms with Gasteiger partial charge in [0.25, 0.3) is 0 Å². The van der Waals surface area contributed by atoms with E-state index in [1.165, 1.54) is 18.9 Å². The van der Waals surface area contributed by atoms with Crippen LogP contribution >= 0.6 is 0 Å². The third-order valence-electron chi connectivity index (χ3n) is 3.86. The van der Waals surface area contributed by atoms with Gasteiger partial charge in [-0.2, -0.15) is 0 Å². The standard InChI is InChI=1S/C19H33NO7/c1-12(21)25-10-9-13-11-14(16(22)26-18(2,3)4)20(15(13)24-8)17(23)27-19(5,6)7/h13-15H,9-11H2,1-8H3/t13-,14-,15?/m0/s1. The van der Waals surface area contributed by atoms with E-state index in [-0.39, 0.29) is 18.5 Å². The van der Waals surface area contributed by atoms with Crippen LogP contribution in [0.25, 0.3) is 0 Å². The average molecular weight is 387 g/mol. The summed E-state index contributed by atoms with van der Waals surface area (Å²) in [6.45, 7) is 12.1. The Bertz CT molecular complexity index is 547. The van der Waals surface area contributed by atoms with E-state index in [1.807, 2.05) is 0 Å². The number of carbonyl (C=O) groups excluding carboxylic acids is 3. The molecule has 0 aromatic rings. The number of likely N-dealkylation sites (tertiary alicyclic amines) is 1. The predicted molar refractivity (Wildman–Crippen MR) is 97.9 cm³/mol. The number of amides is 1. The van der Waals surface area contributed by atoms with E-state index in [4.69, 9.17) is 18.9 Å². The zero-order valence-corrected chi connectivity index (χ0v) is 17.7. The number of ether oxygens (including phenoxy) is 4. The summed E-state index contributed by atoms with van der Waals surface area (Å²) in [5, 5.41) is 0. The number of carbonyl (C=O) groups is 3. The summed E-state index contributed by atoms with van der Waals surface area (Å²) in [5.41, 5.74) is -1.40. The highest BCUT2D eigenvalue weighted by Crippen LogP contribution is 2.35. The van der Waals surface area contributed by atoms with Crippen LogP contribution in [-0.2, 0) is 28.5 Å². The Morgan fingerprint density at radius 3 is 2.00 bits per heavy atom. The van der Waals surface area contributed by atoms with Crippen molar-refractivity contribution in [3.05, 3.63) is 0 Å². The molecule has 8 nitrogen and oxygen atoms in total. The van der Waals surface area contributed by atoms with Gasteiger partial charge in [0.2, 0.25) is 0 Å². The molecule has 1 amide bonds. The van der Waals surface area contributed by atoms with Crippen molar-refractivity contribution in [1.29, 1.82) is 0 Å². The van der Waals surface area contributed by atoms with Gasteiger partial charge in [-0.15, -0.1) is 0 Å². The van der Waals surface area contributed by atoms with Gasteiger partial charge < -0.3 is 18.9 Å². The Morgan fingerprint density at radius 1 is 1.00 bits per heavy atom. The zero-order chi connectivity index (χ0) is 21.0. The Kier molecular flexibility index (Phi) is 7.66. The summed E-state index contributed by atoms with van der Waals surface area (Å²) >= 11 is 0. The van der Waals surface area contributed by atoms with E-state index in [1.54, 1.807) is 41.5 Å². The first-order valence-corrected chi connectivity index (χ1v) is 9.15. The second kappa shape index (κ2) is 8.91. The molecule has 3 atom stereocenters. The maximum Gasteiger partial charge on any atom is 0.413 e. The molecule has 0 bridgehead atoms. The van der Waals surface area contributed by atoms with Gasteiger partial charge in [0.15, 0.2) is 0 Å². The lowest BCUT2D eigenvalue weighted by atomic mass is 10.0. The molecular formula is C19H33NO7. The van der Waals surface area contributed by atoms with Crippen LogP contribution in [0.1, 0.15) is 61.3 Å². The van der Waals surface area contributed by atoms with Gasteiger partial charge in [-0.3, -0.25) is 9.69 Å². The summed E-state index contributed by atoms with van der Waals surface area (Å²) in [7, 11) is 1.47. The second-order valence-electron chi connectivity index (χ2n) is 8.69. The molecule has 0 saturated carbocycles. The molecular weight excluding hydrogens is 354 g/mol. The molecule has 27 heavy (non-hydrogen) atoms. The van der Waals surface area contributed by atoms with Crippen LogP contribution in [0.5, 0.6) is 0 Å². The van der Waals surface area contributed by atoms with Gasteiger partial charge in [-0.05, 0) is 54.4 Å². The molecule has 0 N–H and O–H groups in total. The van der Waals surface area contributed by atoms with Crippen LogP contribution in [0.15, 0.2) is 0 Å². The van der Waals surface area contributed by atoms with Gasteiger partial charge in [-0.1, -0.05) is 0 Å². The fourth-order valence-corrected chi connectivity index (χ4v) is 2.97. The molecule has 1 fully saturated rings. The van der Waals surface area contributed by atoms with Crippen LogP contribution in [0.4, 0.5) is 4.79 Å². The first-order chi connectivity index (χ1) is 12.2. The highest BCUT2D eigenvalue weighted by Gasteiger charge is 2.50. The SMILES string of the molecule is COC1[C@@H](CCOC(C)=O)C[C@@H](C(=O)OC(C)(C)C)N1C(=O)OC(C)(C)C. The molecule has 1 unspecified atom stereocenters. The minimum Gasteiger partial charge on any atom is -0.466 e. The summed E-state index contributed by atoms with van der Waals surface area (Å²) < 4.78 is 21.5. The Hall–Kier alpha value is -1.83. The van der Waals surface area contributed by atoms with Crippen LogP contribution in [-0.4, -0.2) is 60.1 Å². The number of methoxy groups -OCH3 is 1. The Balaban J connectivity index is 3.05. The number of hydrogen-bond donors (Lipinski definition) is 0. The molecule has 1 saturated heterocycles. The lowest BCUT2D eigenvalue weighted by molar-refractivity contribution is -0.162. The van der Waals surface area contributed by atoms with E-state index in [0.717, 1.165) is 0 Å². The number of hydrogen-bond acceptors (Lipinski definition) is 7. The summed E-state index contributed by atoms with van der Waals surface area (Å²) in [6, 6.07) is -0.827. The van der Waals surface area contributed by atoms with Crippen molar-refractivity contribution in [1.82, 2.24) is 4.90 Å². The van der Waals surface area contributed by atoms with Crippen LogP contribution in [0.3, 0.4) is 0 Å².